The van der Waals surface area contributed by atoms with Crippen molar-refractivity contribution in [3.63, 3.8) is 0 Å². The molecule has 384 valence electrons. The molecule has 83 heavy (non-hydrogen) atoms. The fourth-order valence-corrected chi connectivity index (χ4v) is 15.1. The van der Waals surface area contributed by atoms with Crippen LogP contribution < -0.4 is 9.64 Å². The lowest BCUT2D eigenvalue weighted by atomic mass is 9.66. The third-order valence-electron chi connectivity index (χ3n) is 17.4. The van der Waals surface area contributed by atoms with Gasteiger partial charge in [0.15, 0.2) is 17.2 Å². The van der Waals surface area contributed by atoms with Crippen LogP contribution in [-0.4, -0.2) is 23.7 Å². The highest BCUT2D eigenvalue weighted by atomic mass is 32.2. The zero-order valence-corrected chi connectivity index (χ0v) is 44.8. The number of anilines is 3. The maximum atomic E-state index is 10.3. The quantitative estimate of drug-likeness (QED) is 0.163. The molecule has 5 aromatic heterocycles. The van der Waals surface area contributed by atoms with E-state index in [0.717, 1.165) is 143 Å². The van der Waals surface area contributed by atoms with Crippen molar-refractivity contribution >= 4 is 99.9 Å². The van der Waals surface area contributed by atoms with Crippen LogP contribution in [0.2, 0.25) is 0 Å². The van der Waals surface area contributed by atoms with Gasteiger partial charge >= 0.3 is 0 Å². The Balaban J connectivity index is 1.01. The molecule has 0 saturated heterocycles. The summed E-state index contributed by atoms with van der Waals surface area (Å²) in [6, 6.07) is 83.5. The lowest BCUT2D eigenvalue weighted by Gasteiger charge is -2.41. The molecule has 1 atom stereocenters. The Morgan fingerprint density at radius 3 is 1.42 bits per heavy atom. The molecule has 15 aromatic rings. The summed E-state index contributed by atoms with van der Waals surface area (Å²) < 4.78 is 14.9. The van der Waals surface area contributed by atoms with E-state index in [1.807, 2.05) is 36.7 Å². The molecule has 0 saturated carbocycles. The number of aromatic nitrogens is 5. The number of pyridine rings is 2. The van der Waals surface area contributed by atoms with Crippen LogP contribution in [0.15, 0.2) is 253 Å². The summed E-state index contributed by atoms with van der Waals surface area (Å²) >= 11 is 1.78. The van der Waals surface area contributed by atoms with E-state index >= 15 is 0 Å². The van der Waals surface area contributed by atoms with Gasteiger partial charge in [0.1, 0.15) is 0 Å². The first-order valence-corrected chi connectivity index (χ1v) is 28.4. The molecule has 0 amide bonds. The summed E-state index contributed by atoms with van der Waals surface area (Å²) in [7, 11) is 0. The molecule has 7 heterocycles. The van der Waals surface area contributed by atoms with Crippen LogP contribution in [0.25, 0.3) is 98.7 Å². The summed E-state index contributed by atoms with van der Waals surface area (Å²) in [6.07, 6.45) is 4.03. The summed E-state index contributed by atoms with van der Waals surface area (Å²) in [6.45, 7) is 8.06. The maximum Gasteiger partial charge on any atom is 0.188 e. The molecule has 18 rings (SSSR count). The van der Waals surface area contributed by atoms with Gasteiger partial charge in [0.2, 0.25) is 0 Å². The Morgan fingerprint density at radius 2 is 0.867 bits per heavy atom. The molecular weight excluding hydrogens is 1040 g/mol. The van der Waals surface area contributed by atoms with E-state index in [2.05, 4.69) is 236 Å². The fourth-order valence-electron chi connectivity index (χ4n) is 14.1. The van der Waals surface area contributed by atoms with Crippen molar-refractivity contribution in [3.05, 3.63) is 282 Å². The number of rotatable bonds is 4. The molecule has 10 heteroatoms. The van der Waals surface area contributed by atoms with E-state index in [4.69, 9.17) is 21.3 Å². The predicted molar refractivity (Wildman–Crippen MR) is 332 cm³/mol. The Kier molecular flexibility index (Phi) is 9.32. The molecule has 0 fully saturated rings. The molecule has 0 N–H and O–H groups in total. The SMILES string of the molecule is [C-]#[N+]c1ccc2c(c1)c1ccccc1n2-c1cccc2c1Oc1c(-n3c4ccccc4c4cc(C#N)ccc43)cccc1C21c2cc(N3c4ccccc4Sc4ccccc43)cnc2-c2ncc(-n3c4ccccc4c4ccccc43)cc21. The average molecular weight is 1080 g/mol. The molecule has 1 aliphatic carbocycles. The standard InChI is InChI=1S/C73H40N8OS/c1-75-44-33-35-62-52(37-44)50-19-5-9-25-60(50)81(62)66-29-15-21-54-72(66)82-71-53(20-14-28-65(71)80-59-24-8-4-18-49(59)51-36-43(40-74)32-34-61(51)80)73(54)55-38-45(78-57-22-6-2-16-47(57)48-17-3-7-23-58(48)78)41-76-69(55)70-56(73)39-46(42-77-70)79-63-26-10-12-30-67(63)83-68-31-13-11-27-64(68)79/h2-39,41-42H. The highest BCUT2D eigenvalue weighted by molar-refractivity contribution is 7.99. The van der Waals surface area contributed by atoms with Crippen LogP contribution >= 0.6 is 11.8 Å². The lowest BCUT2D eigenvalue weighted by molar-refractivity contribution is 0.433. The largest absolute Gasteiger partial charge is 0.452 e. The highest BCUT2D eigenvalue weighted by Gasteiger charge is 2.54. The summed E-state index contributed by atoms with van der Waals surface area (Å²) in [4.78, 5) is 19.8. The lowest BCUT2D eigenvalue weighted by Crippen LogP contribution is -2.33. The smallest absolute Gasteiger partial charge is 0.188 e. The van der Waals surface area contributed by atoms with Crippen molar-refractivity contribution in [2.45, 2.75) is 15.2 Å². The van der Waals surface area contributed by atoms with Crippen molar-refractivity contribution in [3.8, 4) is 46.0 Å². The Labute approximate surface area is 479 Å². The zero-order valence-electron chi connectivity index (χ0n) is 44.0. The molecule has 3 aliphatic rings. The van der Waals surface area contributed by atoms with Crippen molar-refractivity contribution in [1.82, 2.24) is 23.7 Å². The molecule has 2 aliphatic heterocycles. The molecular formula is C73H40N8OS. The summed E-state index contributed by atoms with van der Waals surface area (Å²) in [5.41, 5.74) is 17.1. The van der Waals surface area contributed by atoms with E-state index in [-0.39, 0.29) is 0 Å². The Hall–Kier alpha value is -11.2. The molecule has 0 bridgehead atoms. The maximum absolute atomic E-state index is 10.3. The first-order chi connectivity index (χ1) is 41.1. The second-order valence-electron chi connectivity index (χ2n) is 21.4. The summed E-state index contributed by atoms with van der Waals surface area (Å²) in [5, 5.41) is 16.6. The normalized spacial score (nSPS) is 14.6. The number of benzene rings is 10. The van der Waals surface area contributed by atoms with Crippen molar-refractivity contribution in [2.24, 2.45) is 0 Å². The van der Waals surface area contributed by atoms with Gasteiger partial charge in [-0.2, -0.15) is 5.26 Å². The van der Waals surface area contributed by atoms with Gasteiger partial charge in [-0.15, -0.1) is 0 Å². The summed E-state index contributed by atoms with van der Waals surface area (Å²) in [5.74, 6) is 1.35. The van der Waals surface area contributed by atoms with Crippen LogP contribution in [-0.2, 0) is 5.41 Å². The number of nitrogens with zero attached hydrogens (tertiary/aromatic N) is 8. The number of hydrogen-bond acceptors (Lipinski definition) is 6. The van der Waals surface area contributed by atoms with Gasteiger partial charge in [-0.25, -0.2) is 4.85 Å². The van der Waals surface area contributed by atoms with Crippen LogP contribution in [0, 0.1) is 17.9 Å². The van der Waals surface area contributed by atoms with Crippen LogP contribution in [0.4, 0.5) is 22.7 Å². The van der Waals surface area contributed by atoms with E-state index in [9.17, 15) is 5.26 Å². The van der Waals surface area contributed by atoms with E-state index in [0.29, 0.717) is 22.7 Å². The average Bonchev–Trinajstić information content (AvgIpc) is 1.81. The van der Waals surface area contributed by atoms with Gasteiger partial charge in [0.05, 0.1) is 115 Å². The zero-order chi connectivity index (χ0) is 54.7. The third kappa shape index (κ3) is 6.09. The van der Waals surface area contributed by atoms with Crippen molar-refractivity contribution in [2.75, 3.05) is 4.90 Å². The molecule has 1 spiro atoms. The second-order valence-corrected chi connectivity index (χ2v) is 22.5. The van der Waals surface area contributed by atoms with Gasteiger partial charge in [-0.1, -0.05) is 139 Å². The highest BCUT2D eigenvalue weighted by Crippen LogP contribution is 2.65. The van der Waals surface area contributed by atoms with Crippen LogP contribution in [0.1, 0.15) is 27.8 Å². The van der Waals surface area contributed by atoms with Crippen LogP contribution in [0.3, 0.4) is 0 Å². The Morgan fingerprint density at radius 1 is 0.422 bits per heavy atom. The van der Waals surface area contributed by atoms with Gasteiger partial charge in [0.25, 0.3) is 0 Å². The van der Waals surface area contributed by atoms with Crippen molar-refractivity contribution in [1.29, 1.82) is 5.26 Å². The first-order valence-electron chi connectivity index (χ1n) is 27.5. The molecule has 10 aromatic carbocycles. The van der Waals surface area contributed by atoms with Gasteiger partial charge in [-0.05, 0) is 109 Å². The van der Waals surface area contributed by atoms with E-state index in [1.54, 1.807) is 11.8 Å². The minimum absolute atomic E-state index is 0.573. The fraction of sp³-hybridized carbons (Fsp3) is 0.0137. The predicted octanol–water partition coefficient (Wildman–Crippen LogP) is 18.6. The van der Waals surface area contributed by atoms with E-state index in [1.165, 1.54) is 0 Å². The van der Waals surface area contributed by atoms with Gasteiger partial charge in [0, 0.05) is 59.0 Å². The number of nitriles is 1. The first kappa shape index (κ1) is 45.7. The van der Waals surface area contributed by atoms with E-state index < -0.39 is 5.41 Å². The number of para-hydroxylation sites is 8. The third-order valence-corrected chi connectivity index (χ3v) is 18.5. The van der Waals surface area contributed by atoms with Gasteiger partial charge < -0.3 is 23.3 Å². The molecule has 9 nitrogen and oxygen atoms in total. The number of fused-ring (bicyclic) bond motifs is 20. The molecule has 0 radical (unpaired) electrons. The topological polar surface area (TPSA) is 81.2 Å². The molecule has 1 unspecified atom stereocenters. The Bertz CT molecular complexity index is 5200. The minimum atomic E-state index is -1.13. The van der Waals surface area contributed by atoms with Crippen LogP contribution in [0.5, 0.6) is 11.5 Å². The second kappa shape index (κ2) is 16.9. The number of ether oxygens (including phenoxy) is 1. The van der Waals surface area contributed by atoms with Crippen molar-refractivity contribution < 1.29 is 4.74 Å². The van der Waals surface area contributed by atoms with Gasteiger partial charge in [-0.3, -0.25) is 9.97 Å². The monoisotopic (exact) mass is 1080 g/mol. The minimum Gasteiger partial charge on any atom is -0.452 e. The number of hydrogen-bond donors (Lipinski definition) is 0.